The summed E-state index contributed by atoms with van der Waals surface area (Å²) in [6, 6.07) is 5.84. The van der Waals surface area contributed by atoms with Crippen LogP contribution in [-0.4, -0.2) is 51.7 Å². The second-order valence-electron chi connectivity index (χ2n) is 3.97. The molecule has 0 amide bonds. The first-order chi connectivity index (χ1) is 10.5. The predicted molar refractivity (Wildman–Crippen MR) is 99.6 cm³/mol. The smallest absolute Gasteiger partial charge is 0.335 e. The third kappa shape index (κ3) is 9.30. The van der Waals surface area contributed by atoms with Gasteiger partial charge in [-0.25, -0.2) is 19.6 Å². The number of carbonyl (C=O) groups is 2. The Morgan fingerprint density at radius 2 is 1.16 bits per heavy atom. The molecule has 11 heteroatoms. The van der Waals surface area contributed by atoms with E-state index in [0.717, 1.165) is 0 Å². The van der Waals surface area contributed by atoms with Crippen molar-refractivity contribution in [3.63, 3.8) is 0 Å². The molecule has 2 aromatic heterocycles. The van der Waals surface area contributed by atoms with Gasteiger partial charge in [0.25, 0.3) is 0 Å². The quantitative estimate of drug-likeness (QED) is 0.609. The minimum Gasteiger partial charge on any atom is -0.478 e. The zero-order valence-corrected chi connectivity index (χ0v) is 15.0. The molecule has 9 nitrogen and oxygen atoms in total. The molecule has 6 N–H and O–H groups in total. The van der Waals surface area contributed by atoms with Gasteiger partial charge in [0.05, 0.1) is 11.1 Å². The summed E-state index contributed by atoms with van der Waals surface area (Å²) in [5.41, 5.74) is 0.480. The molecular formula is C14H20Cl2N4O5. The van der Waals surface area contributed by atoms with Crippen molar-refractivity contribution >= 4 is 48.4 Å². The summed E-state index contributed by atoms with van der Waals surface area (Å²) < 4.78 is 0. The lowest BCUT2D eigenvalue weighted by atomic mass is 10.3. The average Bonchev–Trinajstić information content (AvgIpc) is 2.55. The van der Waals surface area contributed by atoms with Crippen molar-refractivity contribution < 1.29 is 25.3 Å². The number of nitrogens with one attached hydrogen (secondary N) is 2. The highest BCUT2D eigenvalue weighted by molar-refractivity contribution is 5.88. The van der Waals surface area contributed by atoms with E-state index in [9.17, 15) is 9.59 Å². The summed E-state index contributed by atoms with van der Waals surface area (Å²) in [5, 5.41) is 22.6. The number of nitrogens with zero attached hydrogens (tertiary/aromatic N) is 2. The van der Waals surface area contributed by atoms with E-state index in [1.807, 2.05) is 0 Å². The molecule has 0 atom stereocenters. The van der Waals surface area contributed by atoms with E-state index in [1.54, 1.807) is 14.1 Å². The second kappa shape index (κ2) is 13.8. The van der Waals surface area contributed by atoms with E-state index >= 15 is 0 Å². The molecule has 0 saturated heterocycles. The summed E-state index contributed by atoms with van der Waals surface area (Å²) >= 11 is 0. The lowest BCUT2D eigenvalue weighted by molar-refractivity contribution is 0.0686. The highest BCUT2D eigenvalue weighted by Crippen LogP contribution is 2.05. The van der Waals surface area contributed by atoms with Crippen molar-refractivity contribution in [1.29, 1.82) is 0 Å². The maximum atomic E-state index is 10.4. The maximum absolute atomic E-state index is 10.4. The molecule has 0 radical (unpaired) electrons. The van der Waals surface area contributed by atoms with Gasteiger partial charge in [-0.1, -0.05) is 0 Å². The summed E-state index contributed by atoms with van der Waals surface area (Å²) in [5.74, 6) is -0.761. The van der Waals surface area contributed by atoms with E-state index in [2.05, 4.69) is 20.6 Å². The fraction of sp³-hybridized carbons (Fsp3) is 0.143. The third-order valence-electron chi connectivity index (χ3n) is 2.53. The lowest BCUT2D eigenvalue weighted by Gasteiger charge is -1.98. The van der Waals surface area contributed by atoms with Crippen LogP contribution in [0.5, 0.6) is 0 Å². The Bertz CT molecular complexity index is 616. The van der Waals surface area contributed by atoms with Crippen LogP contribution in [0, 0.1) is 0 Å². The number of rotatable bonds is 4. The number of halogens is 2. The summed E-state index contributed by atoms with van der Waals surface area (Å²) in [4.78, 5) is 28.6. The molecule has 0 aliphatic heterocycles. The van der Waals surface area contributed by atoms with Crippen LogP contribution < -0.4 is 10.6 Å². The molecule has 0 spiro atoms. The Morgan fingerprint density at radius 1 is 0.840 bits per heavy atom. The van der Waals surface area contributed by atoms with E-state index in [-0.39, 0.29) is 41.4 Å². The summed E-state index contributed by atoms with van der Waals surface area (Å²) in [6.45, 7) is 0. The molecule has 2 rings (SSSR count). The normalized spacial score (nSPS) is 8.08. The molecule has 0 unspecified atom stereocenters. The number of aromatic nitrogens is 2. The second-order valence-corrected chi connectivity index (χ2v) is 3.97. The highest BCUT2D eigenvalue weighted by atomic mass is 35.5. The van der Waals surface area contributed by atoms with Gasteiger partial charge in [0.1, 0.15) is 11.6 Å². The molecule has 0 fully saturated rings. The highest BCUT2D eigenvalue weighted by Gasteiger charge is 2.02. The van der Waals surface area contributed by atoms with Crippen molar-refractivity contribution in [3.05, 3.63) is 47.8 Å². The zero-order valence-electron chi connectivity index (χ0n) is 13.4. The number of aromatic carboxylic acids is 2. The Hall–Kier alpha value is -2.62. The van der Waals surface area contributed by atoms with E-state index in [0.29, 0.717) is 11.6 Å². The number of hydrogen-bond donors (Lipinski definition) is 4. The first-order valence-corrected chi connectivity index (χ1v) is 6.22. The molecule has 0 aliphatic carbocycles. The molecule has 140 valence electrons. The van der Waals surface area contributed by atoms with Crippen LogP contribution >= 0.6 is 24.8 Å². The van der Waals surface area contributed by atoms with E-state index < -0.39 is 11.9 Å². The summed E-state index contributed by atoms with van der Waals surface area (Å²) in [7, 11) is 3.38. The van der Waals surface area contributed by atoms with Crippen molar-refractivity contribution in [1.82, 2.24) is 9.97 Å². The van der Waals surface area contributed by atoms with Gasteiger partial charge in [-0.3, -0.25) is 0 Å². The van der Waals surface area contributed by atoms with E-state index in [1.165, 1.54) is 36.7 Å². The van der Waals surface area contributed by atoms with Crippen molar-refractivity contribution in [2.45, 2.75) is 0 Å². The van der Waals surface area contributed by atoms with Gasteiger partial charge in [-0.2, -0.15) is 0 Å². The SMILES string of the molecule is CNc1cc(C(=O)O)ccn1.CNc1cc(C(=O)O)ccn1.Cl.Cl.O. The fourth-order valence-electron chi connectivity index (χ4n) is 1.40. The minimum absolute atomic E-state index is 0. The van der Waals surface area contributed by atoms with Gasteiger partial charge in [-0.15, -0.1) is 24.8 Å². The maximum Gasteiger partial charge on any atom is 0.335 e. The van der Waals surface area contributed by atoms with Gasteiger partial charge >= 0.3 is 11.9 Å². The molecule has 25 heavy (non-hydrogen) atoms. The first kappa shape index (κ1) is 27.2. The zero-order chi connectivity index (χ0) is 16.5. The topological polar surface area (TPSA) is 156 Å². The molecule has 2 aromatic rings. The molecule has 0 aromatic carbocycles. The monoisotopic (exact) mass is 394 g/mol. The number of anilines is 2. The van der Waals surface area contributed by atoms with Gasteiger partial charge in [0.15, 0.2) is 0 Å². The average molecular weight is 395 g/mol. The van der Waals surface area contributed by atoms with Crippen LogP contribution in [0.2, 0.25) is 0 Å². The molecule has 2 heterocycles. The molecule has 0 aliphatic rings. The predicted octanol–water partition coefficient (Wildman–Crippen LogP) is 1.66. The Kier molecular flexibility index (Phi) is 15.0. The van der Waals surface area contributed by atoms with Crippen LogP contribution in [0.25, 0.3) is 0 Å². The van der Waals surface area contributed by atoms with Gasteiger partial charge in [0.2, 0.25) is 0 Å². The van der Waals surface area contributed by atoms with Crippen LogP contribution in [0.15, 0.2) is 36.7 Å². The Morgan fingerprint density at radius 3 is 1.40 bits per heavy atom. The molecular weight excluding hydrogens is 375 g/mol. The van der Waals surface area contributed by atoms with Crippen LogP contribution in [0.4, 0.5) is 11.6 Å². The third-order valence-corrected chi connectivity index (χ3v) is 2.53. The first-order valence-electron chi connectivity index (χ1n) is 6.22. The molecule has 0 saturated carbocycles. The van der Waals surface area contributed by atoms with Gasteiger partial charge < -0.3 is 26.3 Å². The van der Waals surface area contributed by atoms with Gasteiger partial charge in [-0.05, 0) is 24.3 Å². The number of carboxylic acids is 2. The van der Waals surface area contributed by atoms with E-state index in [4.69, 9.17) is 10.2 Å². The van der Waals surface area contributed by atoms with Crippen LogP contribution in [0.3, 0.4) is 0 Å². The largest absolute Gasteiger partial charge is 0.478 e. The van der Waals surface area contributed by atoms with Crippen molar-refractivity contribution in [2.24, 2.45) is 0 Å². The lowest BCUT2D eigenvalue weighted by Crippen LogP contribution is -1.99. The molecule has 0 bridgehead atoms. The fourth-order valence-corrected chi connectivity index (χ4v) is 1.40. The van der Waals surface area contributed by atoms with Crippen LogP contribution in [-0.2, 0) is 0 Å². The summed E-state index contributed by atoms with van der Waals surface area (Å²) in [6.07, 6.45) is 2.91. The van der Waals surface area contributed by atoms with Gasteiger partial charge in [0, 0.05) is 26.5 Å². The van der Waals surface area contributed by atoms with Crippen molar-refractivity contribution in [3.8, 4) is 0 Å². The van der Waals surface area contributed by atoms with Crippen LogP contribution in [0.1, 0.15) is 20.7 Å². The standard InChI is InChI=1S/2C7H8N2O2.2ClH.H2O/c2*1-8-6-4-5(7(10)11)2-3-9-6;;;/h2*2-4H,1H3,(H,8,9)(H,10,11);2*1H;1H2. The number of carboxylic acid groups (broad SMARTS) is 2. The number of pyridine rings is 2. The Balaban J connectivity index is -0.000000346. The Labute approximate surface area is 156 Å². The van der Waals surface area contributed by atoms with Crippen molar-refractivity contribution in [2.75, 3.05) is 24.7 Å². The number of hydrogen-bond acceptors (Lipinski definition) is 6. The minimum atomic E-state index is -0.941.